The van der Waals surface area contributed by atoms with E-state index < -0.39 is 23.1 Å². The maximum Gasteiger partial charge on any atom is 0.417 e. The SMILES string of the molecule is CC1(C)COC(=O)C1.N#Cc1ccc(O)cc1C(F)(F)F. The van der Waals surface area contributed by atoms with Crippen LogP contribution in [0, 0.1) is 16.7 Å². The predicted molar refractivity (Wildman–Crippen MR) is 67.2 cm³/mol. The van der Waals surface area contributed by atoms with Crippen LogP contribution in [0.1, 0.15) is 31.4 Å². The number of rotatable bonds is 0. The summed E-state index contributed by atoms with van der Waals surface area (Å²) in [4.78, 5) is 10.4. The molecule has 7 heteroatoms. The molecule has 0 unspecified atom stereocenters. The predicted octanol–water partition coefficient (Wildman–Crippen LogP) is 3.24. The van der Waals surface area contributed by atoms with Crippen molar-refractivity contribution in [2.24, 2.45) is 5.41 Å². The van der Waals surface area contributed by atoms with Crippen molar-refractivity contribution >= 4 is 5.97 Å². The van der Waals surface area contributed by atoms with Gasteiger partial charge in [0, 0.05) is 5.41 Å². The lowest BCUT2D eigenvalue weighted by molar-refractivity contribution is -0.138. The quantitative estimate of drug-likeness (QED) is 0.747. The van der Waals surface area contributed by atoms with Crippen molar-refractivity contribution in [1.29, 1.82) is 5.26 Å². The highest BCUT2D eigenvalue weighted by molar-refractivity contribution is 5.72. The summed E-state index contributed by atoms with van der Waals surface area (Å²) in [7, 11) is 0. The summed E-state index contributed by atoms with van der Waals surface area (Å²) >= 11 is 0. The van der Waals surface area contributed by atoms with E-state index in [0.29, 0.717) is 19.1 Å². The van der Waals surface area contributed by atoms with Crippen LogP contribution in [0.25, 0.3) is 0 Å². The molecule has 21 heavy (non-hydrogen) atoms. The Hall–Kier alpha value is -2.23. The maximum atomic E-state index is 12.2. The second kappa shape index (κ2) is 6.04. The van der Waals surface area contributed by atoms with Crippen LogP contribution in [0.2, 0.25) is 0 Å². The van der Waals surface area contributed by atoms with E-state index in [1.807, 2.05) is 13.8 Å². The number of halogens is 3. The van der Waals surface area contributed by atoms with Crippen LogP contribution in [0.4, 0.5) is 13.2 Å². The van der Waals surface area contributed by atoms with E-state index in [-0.39, 0.29) is 11.4 Å². The first-order valence-electron chi connectivity index (χ1n) is 6.01. The summed E-state index contributed by atoms with van der Waals surface area (Å²) in [6, 6.07) is 3.89. The Morgan fingerprint density at radius 2 is 2.00 bits per heavy atom. The fourth-order valence-electron chi connectivity index (χ4n) is 1.63. The molecule has 114 valence electrons. The average molecular weight is 301 g/mol. The molecule has 1 heterocycles. The third kappa shape index (κ3) is 4.99. The van der Waals surface area contributed by atoms with Gasteiger partial charge in [-0.1, -0.05) is 13.8 Å². The minimum atomic E-state index is -4.61. The third-order valence-electron chi connectivity index (χ3n) is 2.68. The minimum Gasteiger partial charge on any atom is -0.508 e. The zero-order valence-electron chi connectivity index (χ0n) is 11.5. The average Bonchev–Trinajstić information content (AvgIpc) is 2.67. The normalized spacial score (nSPS) is 16.5. The summed E-state index contributed by atoms with van der Waals surface area (Å²) in [5, 5.41) is 17.1. The molecule has 1 aromatic carbocycles. The van der Waals surface area contributed by atoms with Gasteiger partial charge >= 0.3 is 12.1 Å². The highest BCUT2D eigenvalue weighted by Crippen LogP contribution is 2.33. The number of phenolic OH excluding ortho intramolecular Hbond substituents is 1. The van der Waals surface area contributed by atoms with Crippen molar-refractivity contribution < 1.29 is 27.8 Å². The van der Waals surface area contributed by atoms with Gasteiger partial charge in [-0.05, 0) is 18.2 Å². The molecule has 0 aliphatic carbocycles. The molecular weight excluding hydrogens is 287 g/mol. The molecular formula is C14H14F3NO3. The number of hydrogen-bond acceptors (Lipinski definition) is 4. The van der Waals surface area contributed by atoms with Crippen LogP contribution in [0.5, 0.6) is 5.75 Å². The molecule has 0 radical (unpaired) electrons. The lowest BCUT2D eigenvalue weighted by Gasteiger charge is -2.09. The largest absolute Gasteiger partial charge is 0.508 e. The van der Waals surface area contributed by atoms with Gasteiger partial charge in [0.05, 0.1) is 30.2 Å². The number of cyclic esters (lactones) is 1. The van der Waals surface area contributed by atoms with E-state index in [1.54, 1.807) is 0 Å². The molecule has 4 nitrogen and oxygen atoms in total. The van der Waals surface area contributed by atoms with E-state index >= 15 is 0 Å². The summed E-state index contributed by atoms with van der Waals surface area (Å²) < 4.78 is 41.2. The summed E-state index contributed by atoms with van der Waals surface area (Å²) in [5.74, 6) is -0.568. The molecule has 0 amide bonds. The molecule has 0 spiro atoms. The number of nitrogens with zero attached hydrogens (tertiary/aromatic N) is 1. The topological polar surface area (TPSA) is 70.3 Å². The van der Waals surface area contributed by atoms with Gasteiger partial charge in [0.2, 0.25) is 0 Å². The number of ether oxygens (including phenoxy) is 1. The van der Waals surface area contributed by atoms with Gasteiger partial charge in [-0.15, -0.1) is 0 Å². The molecule has 1 saturated heterocycles. The number of benzene rings is 1. The molecule has 1 aromatic rings. The number of phenols is 1. The van der Waals surface area contributed by atoms with Gasteiger partial charge in [-0.3, -0.25) is 4.79 Å². The molecule has 0 aromatic heterocycles. The minimum absolute atomic E-state index is 0.0602. The Kier molecular flexibility index (Phi) is 4.84. The van der Waals surface area contributed by atoms with Crippen molar-refractivity contribution in [3.63, 3.8) is 0 Å². The fourth-order valence-corrected chi connectivity index (χ4v) is 1.63. The lowest BCUT2D eigenvalue weighted by Crippen LogP contribution is -2.08. The number of nitriles is 1. The van der Waals surface area contributed by atoms with Crippen LogP contribution in [0.3, 0.4) is 0 Å². The molecule has 1 aliphatic rings. The molecule has 2 rings (SSSR count). The Bertz CT molecular complexity index is 574. The number of carbonyl (C=O) groups is 1. The number of hydrogen-bond donors (Lipinski definition) is 1. The van der Waals surface area contributed by atoms with Crippen molar-refractivity contribution in [3.8, 4) is 11.8 Å². The van der Waals surface area contributed by atoms with Gasteiger partial charge in [0.25, 0.3) is 0 Å². The Balaban J connectivity index is 0.000000235. The monoisotopic (exact) mass is 301 g/mol. The third-order valence-corrected chi connectivity index (χ3v) is 2.68. The Morgan fingerprint density at radius 1 is 1.38 bits per heavy atom. The van der Waals surface area contributed by atoms with Crippen LogP contribution >= 0.6 is 0 Å². The Morgan fingerprint density at radius 3 is 2.33 bits per heavy atom. The Labute approximate surface area is 119 Å². The summed E-state index contributed by atoms with van der Waals surface area (Å²) in [5.41, 5.74) is -1.52. The lowest BCUT2D eigenvalue weighted by atomic mass is 9.93. The maximum absolute atomic E-state index is 12.2. The van der Waals surface area contributed by atoms with Crippen molar-refractivity contribution in [1.82, 2.24) is 0 Å². The second-order valence-electron chi connectivity index (χ2n) is 5.34. The first-order chi connectivity index (χ1) is 9.55. The van der Waals surface area contributed by atoms with Crippen molar-refractivity contribution in [2.45, 2.75) is 26.4 Å². The van der Waals surface area contributed by atoms with E-state index in [1.165, 1.54) is 6.07 Å². The summed E-state index contributed by atoms with van der Waals surface area (Å²) in [6.07, 6.45) is -4.03. The first kappa shape index (κ1) is 16.8. The second-order valence-corrected chi connectivity index (χ2v) is 5.34. The van der Waals surface area contributed by atoms with E-state index in [2.05, 4.69) is 0 Å². The smallest absolute Gasteiger partial charge is 0.417 e. The van der Waals surface area contributed by atoms with Crippen molar-refractivity contribution in [2.75, 3.05) is 6.61 Å². The molecule has 1 N–H and O–H groups in total. The first-order valence-corrected chi connectivity index (χ1v) is 6.01. The van der Waals surface area contributed by atoms with Crippen LogP contribution in [-0.4, -0.2) is 17.7 Å². The molecule has 0 bridgehead atoms. The van der Waals surface area contributed by atoms with Gasteiger partial charge in [0.15, 0.2) is 0 Å². The van der Waals surface area contributed by atoms with Crippen LogP contribution in [-0.2, 0) is 15.7 Å². The summed E-state index contributed by atoms with van der Waals surface area (Å²) in [6.45, 7) is 4.64. The standard InChI is InChI=1S/C8H4F3NO.C6H10O2/c9-8(10,11)7-3-6(13)2-1-5(7)4-12;1-6(2)3-5(7)8-4-6/h1-3,13H;3-4H2,1-2H3. The molecule has 1 fully saturated rings. The highest BCUT2D eigenvalue weighted by Gasteiger charge is 2.33. The van der Waals surface area contributed by atoms with E-state index in [9.17, 15) is 18.0 Å². The van der Waals surface area contributed by atoms with Gasteiger partial charge in [0.1, 0.15) is 5.75 Å². The molecule has 0 atom stereocenters. The van der Waals surface area contributed by atoms with E-state index in [0.717, 1.165) is 12.1 Å². The number of alkyl halides is 3. The van der Waals surface area contributed by atoms with Crippen molar-refractivity contribution in [3.05, 3.63) is 29.3 Å². The van der Waals surface area contributed by atoms with Gasteiger partial charge < -0.3 is 9.84 Å². The highest BCUT2D eigenvalue weighted by atomic mass is 19.4. The van der Waals surface area contributed by atoms with Crippen LogP contribution in [0.15, 0.2) is 18.2 Å². The van der Waals surface area contributed by atoms with E-state index in [4.69, 9.17) is 15.1 Å². The fraction of sp³-hybridized carbons (Fsp3) is 0.429. The number of carbonyl (C=O) groups excluding carboxylic acids is 1. The number of aromatic hydroxyl groups is 1. The van der Waals surface area contributed by atoms with Crippen LogP contribution < -0.4 is 0 Å². The number of esters is 1. The zero-order valence-corrected chi connectivity index (χ0v) is 11.5. The molecule has 1 aliphatic heterocycles. The van der Waals surface area contributed by atoms with Gasteiger partial charge in [-0.2, -0.15) is 18.4 Å². The molecule has 0 saturated carbocycles. The zero-order chi connectivity index (χ0) is 16.3. The van der Waals surface area contributed by atoms with Gasteiger partial charge in [-0.25, -0.2) is 0 Å².